The highest BCUT2D eigenvalue weighted by molar-refractivity contribution is 8.00. The molecule has 1 amide bonds. The Morgan fingerprint density at radius 2 is 1.79 bits per heavy atom. The molecule has 2 aliphatic rings. The number of carbonyl (C=O) groups is 2. The molecule has 39 heavy (non-hydrogen) atoms. The molecule has 3 heterocycles. The minimum atomic E-state index is -0.961. The summed E-state index contributed by atoms with van der Waals surface area (Å²) in [5, 5.41) is 20.6. The molecule has 1 fully saturated rings. The summed E-state index contributed by atoms with van der Waals surface area (Å²) in [5.41, 5.74) is 1.92. The topological polar surface area (TPSA) is 102 Å². The Bertz CT molecular complexity index is 1610. The maximum atomic E-state index is 13.4. The first-order chi connectivity index (χ1) is 19.0. The van der Waals surface area contributed by atoms with Crippen molar-refractivity contribution in [3.63, 3.8) is 0 Å². The first kappa shape index (κ1) is 25.4. The van der Waals surface area contributed by atoms with Crippen LogP contribution < -0.4 is 14.4 Å². The van der Waals surface area contributed by atoms with Gasteiger partial charge in [0.15, 0.2) is 15.8 Å². The van der Waals surface area contributed by atoms with E-state index in [4.69, 9.17) is 21.1 Å². The second-order valence-electron chi connectivity index (χ2n) is 8.71. The highest BCUT2D eigenvalue weighted by atomic mass is 35.5. The second-order valence-corrected chi connectivity index (χ2v) is 11.3. The maximum Gasteiger partial charge on any atom is 0.301 e. The van der Waals surface area contributed by atoms with E-state index >= 15 is 0 Å². The third kappa shape index (κ3) is 4.98. The lowest BCUT2D eigenvalue weighted by molar-refractivity contribution is -0.132. The third-order valence-corrected chi connectivity index (χ3v) is 8.59. The average molecular weight is 578 g/mol. The molecule has 0 aliphatic carbocycles. The van der Waals surface area contributed by atoms with Crippen LogP contribution in [0.25, 0.3) is 5.76 Å². The largest absolute Gasteiger partial charge is 0.507 e. The van der Waals surface area contributed by atoms with Crippen molar-refractivity contribution in [2.45, 2.75) is 16.1 Å². The molecular formula is C28H20ClN3O5S2. The van der Waals surface area contributed by atoms with Crippen LogP contribution in [0.5, 0.6) is 11.5 Å². The Labute approximate surface area is 236 Å². The highest BCUT2D eigenvalue weighted by Gasteiger charge is 2.48. The van der Waals surface area contributed by atoms with Gasteiger partial charge in [0.25, 0.3) is 5.78 Å². The standard InChI is InChI=1S/C28H20ClN3O5S2/c29-19-8-4-7-17(13-19)23-22(24(33)18-9-10-20-21(14-18)37-12-11-36-20)25(34)26(35)32(23)27-30-31-28(39-27)38-15-16-5-2-1-3-6-16/h1-10,13-14,23,33H,11-12,15H2/b24-22+/t23-/m1/s1. The van der Waals surface area contributed by atoms with Crippen molar-refractivity contribution >= 4 is 57.3 Å². The molecule has 8 nitrogen and oxygen atoms in total. The summed E-state index contributed by atoms with van der Waals surface area (Å²) < 4.78 is 11.9. The van der Waals surface area contributed by atoms with Crippen molar-refractivity contribution in [3.05, 3.63) is 100 Å². The summed E-state index contributed by atoms with van der Waals surface area (Å²) in [6, 6.07) is 20.7. The molecule has 6 rings (SSSR count). The molecule has 0 saturated carbocycles. The Kier molecular flexibility index (Phi) is 6.99. The molecule has 11 heteroatoms. The van der Waals surface area contributed by atoms with Crippen LogP contribution in [-0.2, 0) is 15.3 Å². The number of ether oxygens (including phenoxy) is 2. The van der Waals surface area contributed by atoms with Crippen LogP contribution in [0.15, 0.2) is 82.7 Å². The number of nitrogens with zero attached hydrogens (tertiary/aromatic N) is 3. The Balaban J connectivity index is 1.40. The minimum absolute atomic E-state index is 0.0763. The van der Waals surface area contributed by atoms with Gasteiger partial charge in [-0.1, -0.05) is 77.2 Å². The van der Waals surface area contributed by atoms with Crippen LogP contribution in [0.1, 0.15) is 22.7 Å². The zero-order valence-corrected chi connectivity index (χ0v) is 22.6. The molecule has 0 spiro atoms. The van der Waals surface area contributed by atoms with E-state index in [1.807, 2.05) is 30.3 Å². The lowest BCUT2D eigenvalue weighted by atomic mass is 9.95. The number of thioether (sulfide) groups is 1. The number of ketones is 1. The molecule has 4 aromatic rings. The molecule has 1 atom stereocenters. The van der Waals surface area contributed by atoms with Gasteiger partial charge in [-0.3, -0.25) is 14.5 Å². The Morgan fingerprint density at radius 1 is 1.00 bits per heavy atom. The van der Waals surface area contributed by atoms with Crippen LogP contribution >= 0.6 is 34.7 Å². The number of fused-ring (bicyclic) bond motifs is 1. The van der Waals surface area contributed by atoms with Crippen LogP contribution in [-0.4, -0.2) is 40.2 Å². The van der Waals surface area contributed by atoms with Crippen molar-refractivity contribution < 1.29 is 24.2 Å². The molecule has 1 aromatic heterocycles. The number of hydrogen-bond acceptors (Lipinski definition) is 9. The number of amides is 1. The number of aromatic nitrogens is 2. The van der Waals surface area contributed by atoms with Crippen LogP contribution in [0.2, 0.25) is 5.02 Å². The van der Waals surface area contributed by atoms with Gasteiger partial charge in [0.05, 0.1) is 11.6 Å². The molecule has 1 saturated heterocycles. The molecule has 196 valence electrons. The summed E-state index contributed by atoms with van der Waals surface area (Å²) >= 11 is 8.98. The number of halogens is 1. The lowest BCUT2D eigenvalue weighted by Crippen LogP contribution is -2.29. The molecule has 1 N–H and O–H groups in total. The number of Topliss-reactive ketones (excluding diaryl/α,β-unsaturated/α-hetero) is 1. The molecule has 3 aromatic carbocycles. The average Bonchev–Trinajstić information content (AvgIpc) is 3.53. The SMILES string of the molecule is O=C1C(=O)N(c2nnc(SCc3ccccc3)s2)[C@H](c2cccc(Cl)c2)/C1=C(\O)c1ccc2c(c1)OCCO2. The van der Waals surface area contributed by atoms with Gasteiger partial charge >= 0.3 is 5.91 Å². The van der Waals surface area contributed by atoms with Crippen LogP contribution in [0.4, 0.5) is 5.13 Å². The normalized spacial score (nSPS) is 18.0. The van der Waals surface area contributed by atoms with Crippen LogP contribution in [0.3, 0.4) is 0 Å². The molecule has 0 unspecified atom stereocenters. The van der Waals surface area contributed by atoms with Gasteiger partial charge < -0.3 is 14.6 Å². The first-order valence-corrected chi connectivity index (χ1v) is 14.1. The number of aliphatic hydroxyl groups excluding tert-OH is 1. The van der Waals surface area contributed by atoms with Crippen molar-refractivity contribution in [2.75, 3.05) is 18.1 Å². The first-order valence-electron chi connectivity index (χ1n) is 12.0. The lowest BCUT2D eigenvalue weighted by Gasteiger charge is -2.23. The van der Waals surface area contributed by atoms with Gasteiger partial charge in [-0.15, -0.1) is 10.2 Å². The van der Waals surface area contributed by atoms with E-state index < -0.39 is 17.7 Å². The highest BCUT2D eigenvalue weighted by Crippen LogP contribution is 2.45. The van der Waals surface area contributed by atoms with E-state index in [0.29, 0.717) is 51.0 Å². The quantitative estimate of drug-likeness (QED) is 0.0996. The van der Waals surface area contributed by atoms with Gasteiger partial charge in [-0.05, 0) is 41.5 Å². The number of carbonyl (C=O) groups excluding carboxylic acids is 2. The molecule has 0 bridgehead atoms. The minimum Gasteiger partial charge on any atom is -0.507 e. The smallest absolute Gasteiger partial charge is 0.301 e. The van der Waals surface area contributed by atoms with Crippen molar-refractivity contribution in [2.24, 2.45) is 0 Å². The van der Waals surface area contributed by atoms with Crippen LogP contribution in [0, 0.1) is 0 Å². The van der Waals surface area contributed by atoms with Crippen molar-refractivity contribution in [1.82, 2.24) is 10.2 Å². The maximum absolute atomic E-state index is 13.4. The fourth-order valence-electron chi connectivity index (χ4n) is 4.45. The Hall–Kier alpha value is -3.86. The zero-order valence-electron chi connectivity index (χ0n) is 20.2. The predicted octanol–water partition coefficient (Wildman–Crippen LogP) is 5.88. The summed E-state index contributed by atoms with van der Waals surface area (Å²) in [7, 11) is 0. The third-order valence-electron chi connectivity index (χ3n) is 6.23. The number of benzene rings is 3. The Morgan fingerprint density at radius 3 is 2.59 bits per heavy atom. The zero-order chi connectivity index (χ0) is 26.9. The summed E-state index contributed by atoms with van der Waals surface area (Å²) in [5.74, 6) is -0.310. The number of hydrogen-bond donors (Lipinski definition) is 1. The second kappa shape index (κ2) is 10.7. The van der Waals surface area contributed by atoms with Crippen molar-refractivity contribution in [1.29, 1.82) is 0 Å². The molecule has 2 aliphatic heterocycles. The van der Waals surface area contributed by atoms with E-state index in [-0.39, 0.29) is 16.5 Å². The van der Waals surface area contributed by atoms with Gasteiger partial charge in [0, 0.05) is 16.3 Å². The summed E-state index contributed by atoms with van der Waals surface area (Å²) in [6.45, 7) is 0.789. The summed E-state index contributed by atoms with van der Waals surface area (Å²) in [6.07, 6.45) is 0. The summed E-state index contributed by atoms with van der Waals surface area (Å²) in [4.78, 5) is 28.1. The van der Waals surface area contributed by atoms with Crippen molar-refractivity contribution in [3.8, 4) is 11.5 Å². The van der Waals surface area contributed by atoms with E-state index in [1.165, 1.54) is 28.0 Å². The fourth-order valence-corrected chi connectivity index (χ4v) is 6.47. The number of aliphatic hydroxyl groups is 1. The van der Waals surface area contributed by atoms with Gasteiger partial charge in [-0.25, -0.2) is 0 Å². The van der Waals surface area contributed by atoms with Gasteiger partial charge in [0.2, 0.25) is 5.13 Å². The fraction of sp³-hybridized carbons (Fsp3) is 0.143. The van der Waals surface area contributed by atoms with E-state index in [1.54, 1.807) is 42.5 Å². The predicted molar refractivity (Wildman–Crippen MR) is 150 cm³/mol. The van der Waals surface area contributed by atoms with E-state index in [9.17, 15) is 14.7 Å². The molecular weight excluding hydrogens is 558 g/mol. The molecule has 0 radical (unpaired) electrons. The van der Waals surface area contributed by atoms with E-state index in [0.717, 1.165) is 5.56 Å². The number of rotatable bonds is 6. The van der Waals surface area contributed by atoms with E-state index in [2.05, 4.69) is 10.2 Å². The van der Waals surface area contributed by atoms with Gasteiger partial charge in [0.1, 0.15) is 19.0 Å². The monoisotopic (exact) mass is 577 g/mol. The van der Waals surface area contributed by atoms with Gasteiger partial charge in [-0.2, -0.15) is 0 Å². The number of anilines is 1.